The van der Waals surface area contributed by atoms with Crippen LogP contribution in [0.4, 0.5) is 0 Å². The number of piperidine rings is 1. The number of hydrogen-bond donors (Lipinski definition) is 1. The molecule has 0 amide bonds. The Morgan fingerprint density at radius 3 is 2.58 bits per heavy atom. The van der Waals surface area contributed by atoms with Gasteiger partial charge in [0, 0.05) is 12.0 Å². The predicted octanol–water partition coefficient (Wildman–Crippen LogP) is 2.59. The van der Waals surface area contributed by atoms with E-state index in [-0.39, 0.29) is 12.0 Å². The van der Waals surface area contributed by atoms with Crippen LogP contribution in [0, 0.1) is 5.41 Å². The summed E-state index contributed by atoms with van der Waals surface area (Å²) in [7, 11) is 0. The van der Waals surface area contributed by atoms with Crippen LogP contribution in [0.25, 0.3) is 0 Å². The Hall–Kier alpha value is -0.320. The molecular weight excluding hydrogens is 264 g/mol. The maximum absolute atomic E-state index is 9.91. The number of oxime groups is 1. The van der Waals surface area contributed by atoms with Gasteiger partial charge in [0.25, 0.3) is 0 Å². The molecule has 1 N–H and O–H groups in total. The van der Waals surface area contributed by atoms with Crippen LogP contribution in [-0.4, -0.2) is 47.5 Å². The molecule has 1 saturated heterocycles. The molecule has 0 aromatic rings. The summed E-state index contributed by atoms with van der Waals surface area (Å²) in [6.07, 6.45) is 6.65. The molecule has 0 aromatic carbocycles. The monoisotopic (exact) mass is 288 g/mol. The van der Waals surface area contributed by atoms with Crippen LogP contribution < -0.4 is 0 Å². The molecule has 2 aliphatic rings. The smallest absolute Gasteiger partial charge is 0.151 e. The highest BCUT2D eigenvalue weighted by atomic mass is 35.5. The van der Waals surface area contributed by atoms with Crippen molar-refractivity contribution < 1.29 is 9.94 Å². The molecule has 1 aliphatic heterocycles. The van der Waals surface area contributed by atoms with E-state index in [1.54, 1.807) is 0 Å². The largest absolute Gasteiger partial charge is 0.392 e. The number of hydrogen-bond acceptors (Lipinski definition) is 4. The predicted molar refractivity (Wildman–Crippen MR) is 77.5 cm³/mol. The fraction of sp³-hybridized carbons (Fsp3) is 0.929. The lowest BCUT2D eigenvalue weighted by Gasteiger charge is -2.36. The third kappa shape index (κ3) is 4.33. The fourth-order valence-corrected chi connectivity index (χ4v) is 2.93. The van der Waals surface area contributed by atoms with Crippen LogP contribution in [0.3, 0.4) is 0 Å². The van der Waals surface area contributed by atoms with E-state index in [4.69, 9.17) is 16.4 Å². The van der Waals surface area contributed by atoms with Crippen molar-refractivity contribution >= 4 is 16.8 Å². The van der Waals surface area contributed by atoms with Crippen LogP contribution in [0.2, 0.25) is 0 Å². The average Bonchev–Trinajstić information content (AvgIpc) is 2.37. The molecule has 1 heterocycles. The zero-order chi connectivity index (χ0) is 13.7. The second-order valence-corrected chi connectivity index (χ2v) is 6.47. The summed E-state index contributed by atoms with van der Waals surface area (Å²) < 4.78 is 0. The lowest BCUT2D eigenvalue weighted by atomic mass is 9.71. The Morgan fingerprint density at radius 2 is 2.00 bits per heavy atom. The molecule has 2 rings (SSSR count). The first-order valence-electron chi connectivity index (χ1n) is 7.36. The molecule has 0 bridgehead atoms. The normalized spacial score (nSPS) is 25.7. The molecule has 2 fully saturated rings. The maximum atomic E-state index is 9.91. The van der Waals surface area contributed by atoms with E-state index in [0.717, 1.165) is 25.9 Å². The first kappa shape index (κ1) is 15.1. The minimum atomic E-state index is -0.486. The van der Waals surface area contributed by atoms with Gasteiger partial charge in [-0.3, -0.25) is 0 Å². The highest BCUT2D eigenvalue weighted by Gasteiger charge is 2.37. The first-order valence-corrected chi connectivity index (χ1v) is 7.74. The minimum Gasteiger partial charge on any atom is -0.392 e. The van der Waals surface area contributed by atoms with Crippen LogP contribution in [0.15, 0.2) is 5.16 Å². The third-order valence-corrected chi connectivity index (χ3v) is 4.81. The number of β-amino-alcohol motifs (C(OH)–C–C–N with tert-alkyl or cyclic N) is 1. The Morgan fingerprint density at radius 1 is 1.32 bits per heavy atom. The second-order valence-electron chi connectivity index (χ2n) is 6.11. The number of rotatable bonds is 6. The van der Waals surface area contributed by atoms with Crippen LogP contribution >= 0.6 is 11.6 Å². The van der Waals surface area contributed by atoms with E-state index in [0.29, 0.717) is 11.7 Å². The standard InChI is InChI=1S/C14H25ClN2O2/c1-14(6-5-7-14)13(15)16-19-11-12(18)10-17-8-3-2-4-9-17/h12,18H,2-11H2,1H3/b16-13-. The molecule has 110 valence electrons. The van der Waals surface area contributed by atoms with Crippen molar-refractivity contribution in [3.05, 3.63) is 0 Å². The highest BCUT2D eigenvalue weighted by molar-refractivity contribution is 6.66. The van der Waals surface area contributed by atoms with Crippen molar-refractivity contribution in [2.45, 2.75) is 51.6 Å². The van der Waals surface area contributed by atoms with E-state index in [1.165, 1.54) is 25.7 Å². The van der Waals surface area contributed by atoms with Crippen LogP contribution in [0.5, 0.6) is 0 Å². The van der Waals surface area contributed by atoms with Crippen molar-refractivity contribution in [3.63, 3.8) is 0 Å². The fourth-order valence-electron chi connectivity index (χ4n) is 2.70. The Balaban J connectivity index is 1.65. The van der Waals surface area contributed by atoms with Gasteiger partial charge in [-0.25, -0.2) is 0 Å². The molecule has 19 heavy (non-hydrogen) atoms. The van der Waals surface area contributed by atoms with Crippen molar-refractivity contribution in [2.24, 2.45) is 10.6 Å². The number of aliphatic hydroxyl groups is 1. The molecule has 1 saturated carbocycles. The van der Waals surface area contributed by atoms with Gasteiger partial charge in [-0.1, -0.05) is 36.5 Å². The molecule has 5 heteroatoms. The molecule has 1 aliphatic carbocycles. The maximum Gasteiger partial charge on any atom is 0.151 e. The summed E-state index contributed by atoms with van der Waals surface area (Å²) in [5.41, 5.74) is 0.0133. The van der Waals surface area contributed by atoms with Crippen molar-refractivity contribution in [1.29, 1.82) is 0 Å². The summed E-state index contributed by atoms with van der Waals surface area (Å²) in [5, 5.41) is 14.4. The van der Waals surface area contributed by atoms with Gasteiger partial charge in [0.2, 0.25) is 0 Å². The average molecular weight is 289 g/mol. The molecule has 0 spiro atoms. The number of likely N-dealkylation sites (tertiary alicyclic amines) is 1. The number of halogens is 1. The molecule has 0 radical (unpaired) electrons. The van der Waals surface area contributed by atoms with Gasteiger partial charge >= 0.3 is 0 Å². The lowest BCUT2D eigenvalue weighted by molar-refractivity contribution is 0.0147. The van der Waals surface area contributed by atoms with Crippen molar-refractivity contribution in [2.75, 3.05) is 26.2 Å². The molecular formula is C14H25ClN2O2. The topological polar surface area (TPSA) is 45.1 Å². The Bertz CT molecular complexity index is 313. The quantitative estimate of drug-likeness (QED) is 0.603. The summed E-state index contributed by atoms with van der Waals surface area (Å²) in [6.45, 7) is 5.17. The van der Waals surface area contributed by atoms with Gasteiger partial charge < -0.3 is 14.8 Å². The Labute approximate surface area is 120 Å². The zero-order valence-electron chi connectivity index (χ0n) is 11.8. The van der Waals surface area contributed by atoms with Crippen LogP contribution in [0.1, 0.15) is 45.4 Å². The van der Waals surface area contributed by atoms with Crippen LogP contribution in [-0.2, 0) is 4.84 Å². The van der Waals surface area contributed by atoms with Crippen molar-refractivity contribution in [1.82, 2.24) is 4.90 Å². The minimum absolute atomic E-state index is 0.0133. The SMILES string of the molecule is CC1(/C(Cl)=N/OCC(O)CN2CCCCC2)CCC1. The number of aliphatic hydroxyl groups excluding tert-OH is 1. The van der Waals surface area contributed by atoms with E-state index in [2.05, 4.69) is 17.0 Å². The van der Waals surface area contributed by atoms with Gasteiger partial charge in [0.1, 0.15) is 12.7 Å². The first-order chi connectivity index (χ1) is 9.10. The van der Waals surface area contributed by atoms with Gasteiger partial charge in [-0.05, 0) is 38.8 Å². The highest BCUT2D eigenvalue weighted by Crippen LogP contribution is 2.42. The summed E-state index contributed by atoms with van der Waals surface area (Å²) in [4.78, 5) is 7.49. The lowest BCUT2D eigenvalue weighted by Crippen LogP contribution is -2.38. The summed E-state index contributed by atoms with van der Waals surface area (Å²) in [5.74, 6) is 0. The molecule has 0 aromatic heterocycles. The van der Waals surface area contributed by atoms with E-state index in [1.807, 2.05) is 0 Å². The van der Waals surface area contributed by atoms with Crippen molar-refractivity contribution in [3.8, 4) is 0 Å². The third-order valence-electron chi connectivity index (χ3n) is 4.28. The van der Waals surface area contributed by atoms with E-state index >= 15 is 0 Å². The summed E-state index contributed by atoms with van der Waals surface area (Å²) >= 11 is 6.13. The molecule has 1 atom stereocenters. The molecule has 1 unspecified atom stereocenters. The summed E-state index contributed by atoms with van der Waals surface area (Å²) in [6, 6.07) is 0. The Kier molecular flexibility index (Phi) is 5.48. The number of nitrogens with zero attached hydrogens (tertiary/aromatic N) is 2. The van der Waals surface area contributed by atoms with E-state index in [9.17, 15) is 5.11 Å². The van der Waals surface area contributed by atoms with Gasteiger partial charge in [0.15, 0.2) is 5.17 Å². The molecule has 4 nitrogen and oxygen atoms in total. The van der Waals surface area contributed by atoms with Gasteiger partial charge in [-0.2, -0.15) is 0 Å². The zero-order valence-corrected chi connectivity index (χ0v) is 12.5. The van der Waals surface area contributed by atoms with Gasteiger partial charge in [-0.15, -0.1) is 0 Å². The van der Waals surface area contributed by atoms with Gasteiger partial charge in [0.05, 0.1) is 0 Å². The second kappa shape index (κ2) is 6.91. The van der Waals surface area contributed by atoms with E-state index < -0.39 is 6.10 Å².